The minimum absolute atomic E-state index is 0.0588. The number of pyridine rings is 1. The van der Waals surface area contributed by atoms with Gasteiger partial charge in [0.1, 0.15) is 0 Å². The molecule has 1 aromatic carbocycles. The minimum Gasteiger partial charge on any atom is -0.478 e. The summed E-state index contributed by atoms with van der Waals surface area (Å²) in [5.74, 6) is -1.11. The van der Waals surface area contributed by atoms with Crippen molar-refractivity contribution >= 4 is 35.0 Å². The van der Waals surface area contributed by atoms with Crippen LogP contribution in [-0.4, -0.2) is 21.0 Å². The maximum atomic E-state index is 11.1. The molecule has 6 nitrogen and oxygen atoms in total. The Morgan fingerprint density at radius 3 is 2.75 bits per heavy atom. The number of benzene rings is 1. The molecule has 1 heterocycles. The van der Waals surface area contributed by atoms with E-state index in [4.69, 9.17) is 16.7 Å². The largest absolute Gasteiger partial charge is 0.478 e. The topological polar surface area (TPSA) is 93.3 Å². The van der Waals surface area contributed by atoms with Gasteiger partial charge in [0.15, 0.2) is 5.03 Å². The smallest absolute Gasteiger partial charge is 0.336 e. The van der Waals surface area contributed by atoms with Gasteiger partial charge < -0.3 is 5.11 Å². The van der Waals surface area contributed by atoms with Crippen LogP contribution in [0.1, 0.15) is 10.4 Å². The second-order valence-electron chi connectivity index (χ2n) is 3.64. The van der Waals surface area contributed by atoms with Crippen LogP contribution < -0.4 is 0 Å². The third kappa shape index (κ3) is 3.06. The van der Waals surface area contributed by atoms with E-state index in [1.54, 1.807) is 18.2 Å². The molecule has 8 heteroatoms. The number of nitrogens with zero attached hydrogens (tertiary/aromatic N) is 2. The van der Waals surface area contributed by atoms with Gasteiger partial charge in [-0.25, -0.2) is 9.78 Å². The monoisotopic (exact) mass is 310 g/mol. The molecule has 0 fully saturated rings. The Morgan fingerprint density at radius 2 is 2.10 bits per heavy atom. The van der Waals surface area contributed by atoms with Crippen LogP contribution in [-0.2, 0) is 0 Å². The fourth-order valence-electron chi connectivity index (χ4n) is 1.46. The number of hydrogen-bond donors (Lipinski definition) is 1. The zero-order chi connectivity index (χ0) is 14.7. The van der Waals surface area contributed by atoms with Gasteiger partial charge in [0.25, 0.3) is 0 Å². The summed E-state index contributed by atoms with van der Waals surface area (Å²) in [6, 6.07) is 7.40. The van der Waals surface area contributed by atoms with Gasteiger partial charge in [-0.2, -0.15) is 0 Å². The molecule has 0 atom stereocenters. The number of carboxylic acids is 1. The Labute approximate surface area is 122 Å². The van der Waals surface area contributed by atoms with Gasteiger partial charge in [0.05, 0.1) is 15.5 Å². The SMILES string of the molecule is O=C(O)c1ccccc1Sc1ncc(Cl)cc1[N+](=O)[O-]. The molecular weight excluding hydrogens is 304 g/mol. The molecule has 0 unspecified atom stereocenters. The predicted molar refractivity (Wildman–Crippen MR) is 73.4 cm³/mol. The second kappa shape index (κ2) is 5.89. The molecule has 0 radical (unpaired) electrons. The van der Waals surface area contributed by atoms with Crippen molar-refractivity contribution in [1.29, 1.82) is 0 Å². The van der Waals surface area contributed by atoms with Crippen molar-refractivity contribution < 1.29 is 14.8 Å². The van der Waals surface area contributed by atoms with Crippen LogP contribution in [0.2, 0.25) is 5.02 Å². The lowest BCUT2D eigenvalue weighted by Gasteiger charge is -2.05. The minimum atomic E-state index is -1.11. The summed E-state index contributed by atoms with van der Waals surface area (Å²) in [5, 5.41) is 20.3. The van der Waals surface area contributed by atoms with Crippen molar-refractivity contribution in [3.63, 3.8) is 0 Å². The molecule has 2 rings (SSSR count). The molecule has 0 saturated carbocycles. The summed E-state index contributed by atoms with van der Waals surface area (Å²) in [6.07, 6.45) is 1.28. The van der Waals surface area contributed by atoms with Crippen LogP contribution in [0, 0.1) is 10.1 Å². The quantitative estimate of drug-likeness (QED) is 0.686. The van der Waals surface area contributed by atoms with Crippen molar-refractivity contribution in [3.8, 4) is 0 Å². The summed E-state index contributed by atoms with van der Waals surface area (Å²) in [6.45, 7) is 0. The first-order chi connectivity index (χ1) is 9.49. The Bertz CT molecular complexity index is 693. The zero-order valence-corrected chi connectivity index (χ0v) is 11.4. The van der Waals surface area contributed by atoms with E-state index in [0.29, 0.717) is 4.90 Å². The lowest BCUT2D eigenvalue weighted by Crippen LogP contribution is -1.99. The van der Waals surface area contributed by atoms with Crippen LogP contribution in [0.25, 0.3) is 0 Å². The maximum absolute atomic E-state index is 11.1. The number of aromatic carboxylic acids is 1. The van der Waals surface area contributed by atoms with E-state index < -0.39 is 10.9 Å². The van der Waals surface area contributed by atoms with Gasteiger partial charge in [-0.1, -0.05) is 35.5 Å². The van der Waals surface area contributed by atoms with Gasteiger partial charge in [0.2, 0.25) is 0 Å². The number of halogens is 1. The van der Waals surface area contributed by atoms with Crippen LogP contribution in [0.5, 0.6) is 0 Å². The van der Waals surface area contributed by atoms with Crippen LogP contribution in [0.4, 0.5) is 5.69 Å². The molecule has 0 aliphatic rings. The van der Waals surface area contributed by atoms with Crippen molar-refractivity contribution in [2.24, 2.45) is 0 Å². The number of rotatable bonds is 4. The lowest BCUT2D eigenvalue weighted by atomic mass is 10.2. The number of nitro groups is 1. The van der Waals surface area contributed by atoms with E-state index in [2.05, 4.69) is 4.98 Å². The standard InChI is InChI=1S/C12H7ClN2O4S/c13-7-5-9(15(18)19)11(14-6-7)20-10-4-2-1-3-8(10)12(16)17/h1-6H,(H,16,17). The number of hydrogen-bond acceptors (Lipinski definition) is 5. The zero-order valence-electron chi connectivity index (χ0n) is 9.82. The molecule has 2 aromatic rings. The van der Waals surface area contributed by atoms with E-state index in [9.17, 15) is 14.9 Å². The highest BCUT2D eigenvalue weighted by Crippen LogP contribution is 2.35. The third-order valence-electron chi connectivity index (χ3n) is 2.32. The predicted octanol–water partition coefficient (Wildman–Crippen LogP) is 3.49. The highest BCUT2D eigenvalue weighted by molar-refractivity contribution is 7.99. The Hall–Kier alpha value is -2.12. The van der Waals surface area contributed by atoms with E-state index >= 15 is 0 Å². The van der Waals surface area contributed by atoms with Gasteiger partial charge in [-0.3, -0.25) is 10.1 Å². The molecule has 1 aromatic heterocycles. The fourth-order valence-corrected chi connectivity index (χ4v) is 2.58. The van der Waals surface area contributed by atoms with E-state index in [0.717, 1.165) is 11.8 Å². The normalized spacial score (nSPS) is 10.2. The van der Waals surface area contributed by atoms with Crippen molar-refractivity contribution in [2.45, 2.75) is 9.92 Å². The lowest BCUT2D eigenvalue weighted by molar-refractivity contribution is -0.388. The molecular formula is C12H7ClN2O4S. The van der Waals surface area contributed by atoms with Gasteiger partial charge in [-0.05, 0) is 12.1 Å². The molecule has 0 saturated heterocycles. The first kappa shape index (κ1) is 14.3. The Balaban J connectivity index is 2.45. The first-order valence-corrected chi connectivity index (χ1v) is 6.48. The summed E-state index contributed by atoms with van der Waals surface area (Å²) in [7, 11) is 0. The summed E-state index contributed by atoms with van der Waals surface area (Å²) in [5.41, 5.74) is -0.203. The number of carbonyl (C=O) groups is 1. The highest BCUT2D eigenvalue weighted by atomic mass is 35.5. The average Bonchev–Trinajstić information content (AvgIpc) is 2.41. The molecule has 102 valence electrons. The van der Waals surface area contributed by atoms with Crippen LogP contribution >= 0.6 is 23.4 Å². The molecule has 20 heavy (non-hydrogen) atoms. The highest BCUT2D eigenvalue weighted by Gasteiger charge is 2.19. The molecule has 0 aliphatic carbocycles. The van der Waals surface area contributed by atoms with Crippen LogP contribution in [0.15, 0.2) is 46.5 Å². The molecule has 0 bridgehead atoms. The maximum Gasteiger partial charge on any atom is 0.336 e. The Morgan fingerprint density at radius 1 is 1.40 bits per heavy atom. The third-order valence-corrected chi connectivity index (χ3v) is 3.61. The van der Waals surface area contributed by atoms with Gasteiger partial charge >= 0.3 is 11.7 Å². The van der Waals surface area contributed by atoms with E-state index in [-0.39, 0.29) is 21.3 Å². The number of carboxylic acid groups (broad SMARTS) is 1. The fraction of sp³-hybridized carbons (Fsp3) is 0. The van der Waals surface area contributed by atoms with Crippen LogP contribution in [0.3, 0.4) is 0 Å². The van der Waals surface area contributed by atoms with Gasteiger partial charge in [-0.15, -0.1) is 0 Å². The Kier molecular flexibility index (Phi) is 4.21. The van der Waals surface area contributed by atoms with E-state index in [1.165, 1.54) is 18.3 Å². The summed E-state index contributed by atoms with van der Waals surface area (Å²) >= 11 is 6.59. The molecule has 0 aliphatic heterocycles. The van der Waals surface area contributed by atoms with Crippen molar-refractivity contribution in [2.75, 3.05) is 0 Å². The molecule has 0 spiro atoms. The molecule has 0 amide bonds. The van der Waals surface area contributed by atoms with Gasteiger partial charge in [0, 0.05) is 17.2 Å². The summed E-state index contributed by atoms with van der Waals surface area (Å²) in [4.78, 5) is 25.7. The van der Waals surface area contributed by atoms with E-state index in [1.807, 2.05) is 0 Å². The first-order valence-electron chi connectivity index (χ1n) is 5.29. The molecule has 1 N–H and O–H groups in total. The number of aromatic nitrogens is 1. The van der Waals surface area contributed by atoms with Crippen molar-refractivity contribution in [3.05, 3.63) is 57.2 Å². The van der Waals surface area contributed by atoms with Crippen molar-refractivity contribution in [1.82, 2.24) is 4.98 Å². The summed E-state index contributed by atoms with van der Waals surface area (Å²) < 4.78 is 0. The average molecular weight is 311 g/mol. The second-order valence-corrected chi connectivity index (χ2v) is 5.11.